The third-order valence-corrected chi connectivity index (χ3v) is 6.52. The summed E-state index contributed by atoms with van der Waals surface area (Å²) in [5.74, 6) is 0.0221. The molecule has 2 rings (SSSR count). The molecule has 2 saturated heterocycles. The van der Waals surface area contributed by atoms with Crippen molar-refractivity contribution in [2.75, 3.05) is 18.1 Å². The highest BCUT2D eigenvalue weighted by atomic mass is 32.2. The van der Waals surface area contributed by atoms with Crippen molar-refractivity contribution in [1.29, 1.82) is 0 Å². The van der Waals surface area contributed by atoms with E-state index in [2.05, 4.69) is 5.32 Å². The van der Waals surface area contributed by atoms with E-state index in [9.17, 15) is 18.0 Å². The largest absolute Gasteiger partial charge is 0.340 e. The predicted molar refractivity (Wildman–Crippen MR) is 79.4 cm³/mol. The summed E-state index contributed by atoms with van der Waals surface area (Å²) in [6.45, 7) is 5.82. The number of amides is 2. The van der Waals surface area contributed by atoms with Gasteiger partial charge in [0, 0.05) is 6.54 Å². The Morgan fingerprint density at radius 3 is 2.48 bits per heavy atom. The Labute approximate surface area is 126 Å². The van der Waals surface area contributed by atoms with E-state index in [-0.39, 0.29) is 29.2 Å². The van der Waals surface area contributed by atoms with Crippen LogP contribution in [-0.2, 0) is 19.4 Å². The second kappa shape index (κ2) is 5.59. The van der Waals surface area contributed by atoms with E-state index in [0.29, 0.717) is 25.8 Å². The van der Waals surface area contributed by atoms with E-state index in [1.807, 2.05) is 13.8 Å². The molecule has 0 aromatic carbocycles. The molecule has 0 aliphatic carbocycles. The van der Waals surface area contributed by atoms with Gasteiger partial charge in [-0.15, -0.1) is 0 Å². The summed E-state index contributed by atoms with van der Waals surface area (Å²) in [5.41, 5.74) is -0.875. The molecule has 0 bridgehead atoms. The molecule has 0 aromatic rings. The summed E-state index contributed by atoms with van der Waals surface area (Å²) in [6, 6.07) is -0.486. The monoisotopic (exact) mass is 316 g/mol. The standard InChI is InChI=1S/C14H24N2O4S/c1-4-11-12(17)15-14(3,5-2)13(18)16(11)8-10-6-7-21(19,20)9-10/h10-11H,4-9H2,1-3H3,(H,15,17). The average Bonchev–Trinajstić information content (AvgIpc) is 2.75. The minimum atomic E-state index is -2.97. The molecule has 2 heterocycles. The van der Waals surface area contributed by atoms with Gasteiger partial charge in [0.2, 0.25) is 11.8 Å². The first-order valence-corrected chi connectivity index (χ1v) is 9.38. The first-order chi connectivity index (χ1) is 9.72. The maximum atomic E-state index is 12.7. The van der Waals surface area contributed by atoms with Gasteiger partial charge in [-0.25, -0.2) is 8.42 Å². The minimum Gasteiger partial charge on any atom is -0.340 e. The molecule has 2 aliphatic heterocycles. The van der Waals surface area contributed by atoms with Crippen LogP contribution in [0.25, 0.3) is 0 Å². The molecule has 21 heavy (non-hydrogen) atoms. The van der Waals surface area contributed by atoms with Gasteiger partial charge in [0.15, 0.2) is 9.84 Å². The van der Waals surface area contributed by atoms with Crippen molar-refractivity contribution >= 4 is 21.7 Å². The SMILES string of the molecule is CCC1C(=O)NC(C)(CC)C(=O)N1CC1CCS(=O)(=O)C1. The van der Waals surface area contributed by atoms with Gasteiger partial charge in [-0.1, -0.05) is 13.8 Å². The number of nitrogens with zero attached hydrogens (tertiary/aromatic N) is 1. The van der Waals surface area contributed by atoms with E-state index in [1.54, 1.807) is 11.8 Å². The van der Waals surface area contributed by atoms with Crippen LogP contribution in [0.15, 0.2) is 0 Å². The number of sulfone groups is 1. The topological polar surface area (TPSA) is 83.6 Å². The maximum absolute atomic E-state index is 12.7. The molecule has 2 amide bonds. The fourth-order valence-corrected chi connectivity index (χ4v) is 5.01. The van der Waals surface area contributed by atoms with Gasteiger partial charge < -0.3 is 10.2 Å². The molecule has 0 radical (unpaired) electrons. The van der Waals surface area contributed by atoms with Gasteiger partial charge in [0.25, 0.3) is 0 Å². The van der Waals surface area contributed by atoms with Crippen molar-refractivity contribution in [2.45, 2.75) is 51.6 Å². The van der Waals surface area contributed by atoms with Gasteiger partial charge in [0.1, 0.15) is 11.6 Å². The van der Waals surface area contributed by atoms with Crippen LogP contribution in [0.2, 0.25) is 0 Å². The summed E-state index contributed by atoms with van der Waals surface area (Å²) >= 11 is 0. The normalized spacial score (nSPS) is 35.9. The summed E-state index contributed by atoms with van der Waals surface area (Å²) in [7, 11) is -2.97. The molecular formula is C14H24N2O4S. The van der Waals surface area contributed by atoms with Gasteiger partial charge in [-0.05, 0) is 32.1 Å². The molecule has 0 spiro atoms. The summed E-state index contributed by atoms with van der Waals surface area (Å²) in [5, 5.41) is 2.82. The fourth-order valence-electron chi connectivity index (χ4n) is 3.16. The molecular weight excluding hydrogens is 292 g/mol. The van der Waals surface area contributed by atoms with Crippen molar-refractivity contribution in [2.24, 2.45) is 5.92 Å². The van der Waals surface area contributed by atoms with Gasteiger partial charge >= 0.3 is 0 Å². The Balaban J connectivity index is 2.20. The van der Waals surface area contributed by atoms with Crippen LogP contribution in [0, 0.1) is 5.92 Å². The van der Waals surface area contributed by atoms with Gasteiger partial charge in [0.05, 0.1) is 11.5 Å². The highest BCUT2D eigenvalue weighted by Crippen LogP contribution is 2.27. The van der Waals surface area contributed by atoms with Crippen LogP contribution in [0.3, 0.4) is 0 Å². The van der Waals surface area contributed by atoms with Gasteiger partial charge in [-0.3, -0.25) is 9.59 Å². The Kier molecular flexibility index (Phi) is 4.33. The summed E-state index contributed by atoms with van der Waals surface area (Å²) in [6.07, 6.45) is 1.64. The van der Waals surface area contributed by atoms with Crippen LogP contribution < -0.4 is 5.32 Å². The smallest absolute Gasteiger partial charge is 0.248 e. The molecule has 0 saturated carbocycles. The van der Waals surface area contributed by atoms with Crippen LogP contribution in [0.4, 0.5) is 0 Å². The number of hydrogen-bond acceptors (Lipinski definition) is 4. The number of carbonyl (C=O) groups excluding carboxylic acids is 2. The zero-order valence-electron chi connectivity index (χ0n) is 12.9. The second-order valence-electron chi connectivity index (χ2n) is 6.33. The maximum Gasteiger partial charge on any atom is 0.248 e. The van der Waals surface area contributed by atoms with Crippen LogP contribution >= 0.6 is 0 Å². The Morgan fingerprint density at radius 1 is 1.33 bits per heavy atom. The average molecular weight is 316 g/mol. The third kappa shape index (κ3) is 3.07. The Hall–Kier alpha value is -1.11. The number of piperazine rings is 1. The molecule has 6 nitrogen and oxygen atoms in total. The van der Waals surface area contributed by atoms with Crippen LogP contribution in [0.1, 0.15) is 40.0 Å². The number of hydrogen-bond donors (Lipinski definition) is 1. The molecule has 3 atom stereocenters. The molecule has 1 N–H and O–H groups in total. The molecule has 0 aromatic heterocycles. The number of nitrogens with one attached hydrogen (secondary N) is 1. The lowest BCUT2D eigenvalue weighted by Crippen LogP contribution is -2.69. The quantitative estimate of drug-likeness (QED) is 0.810. The van der Waals surface area contributed by atoms with E-state index < -0.39 is 21.4 Å². The van der Waals surface area contributed by atoms with Crippen LogP contribution in [0.5, 0.6) is 0 Å². The number of carbonyl (C=O) groups is 2. The summed E-state index contributed by atoms with van der Waals surface area (Å²) in [4.78, 5) is 26.5. The Bertz CT molecular complexity index is 545. The summed E-state index contributed by atoms with van der Waals surface area (Å²) < 4.78 is 23.2. The highest BCUT2D eigenvalue weighted by molar-refractivity contribution is 7.91. The third-order valence-electron chi connectivity index (χ3n) is 4.69. The van der Waals surface area contributed by atoms with Crippen LogP contribution in [-0.4, -0.2) is 54.8 Å². The molecule has 7 heteroatoms. The van der Waals surface area contributed by atoms with E-state index in [0.717, 1.165) is 0 Å². The predicted octanol–water partition coefficient (Wildman–Crippen LogP) is 0.327. The zero-order chi connectivity index (χ0) is 15.8. The lowest BCUT2D eigenvalue weighted by molar-refractivity contribution is -0.155. The fraction of sp³-hybridized carbons (Fsp3) is 0.857. The first-order valence-electron chi connectivity index (χ1n) is 7.56. The lowest BCUT2D eigenvalue weighted by atomic mass is 9.90. The molecule has 120 valence electrons. The number of rotatable bonds is 4. The second-order valence-corrected chi connectivity index (χ2v) is 8.55. The Morgan fingerprint density at radius 2 is 2.00 bits per heavy atom. The van der Waals surface area contributed by atoms with Crippen molar-refractivity contribution in [3.05, 3.63) is 0 Å². The zero-order valence-corrected chi connectivity index (χ0v) is 13.7. The molecule has 2 aliphatic rings. The van der Waals surface area contributed by atoms with Crippen molar-refractivity contribution in [3.8, 4) is 0 Å². The lowest BCUT2D eigenvalue weighted by Gasteiger charge is -2.44. The molecule has 2 fully saturated rings. The van der Waals surface area contributed by atoms with Crippen molar-refractivity contribution in [3.63, 3.8) is 0 Å². The minimum absolute atomic E-state index is 0.0555. The van der Waals surface area contributed by atoms with E-state index in [1.165, 1.54) is 0 Å². The first kappa shape index (κ1) is 16.3. The van der Waals surface area contributed by atoms with Crippen molar-refractivity contribution < 1.29 is 18.0 Å². The van der Waals surface area contributed by atoms with E-state index >= 15 is 0 Å². The molecule has 3 unspecified atom stereocenters. The van der Waals surface area contributed by atoms with E-state index in [4.69, 9.17) is 0 Å². The highest BCUT2D eigenvalue weighted by Gasteiger charge is 2.47. The van der Waals surface area contributed by atoms with Gasteiger partial charge in [-0.2, -0.15) is 0 Å². The van der Waals surface area contributed by atoms with Crippen molar-refractivity contribution in [1.82, 2.24) is 10.2 Å².